The monoisotopic (exact) mass is 261 g/mol. The van der Waals surface area contributed by atoms with E-state index in [0.717, 1.165) is 25.3 Å². The molecule has 5 nitrogen and oxygen atoms in total. The Hall–Kier alpha value is -1.62. The summed E-state index contributed by atoms with van der Waals surface area (Å²) in [6.07, 6.45) is 6.27. The molecule has 1 fully saturated rings. The van der Waals surface area contributed by atoms with Crippen molar-refractivity contribution in [3.8, 4) is 11.6 Å². The van der Waals surface area contributed by atoms with Gasteiger partial charge in [0, 0.05) is 6.04 Å². The van der Waals surface area contributed by atoms with Crippen LogP contribution in [-0.4, -0.2) is 22.7 Å². The highest BCUT2D eigenvalue weighted by atomic mass is 16.5. The molecule has 5 heteroatoms. The highest BCUT2D eigenvalue weighted by Gasteiger charge is 2.32. The van der Waals surface area contributed by atoms with Gasteiger partial charge in [0.2, 0.25) is 11.7 Å². The first-order chi connectivity index (χ1) is 9.38. The van der Waals surface area contributed by atoms with Crippen molar-refractivity contribution < 1.29 is 8.94 Å². The number of nitrogens with one attached hydrogen (secondary N) is 1. The normalized spacial score (nSPS) is 23.0. The Bertz CT molecular complexity index is 507. The van der Waals surface area contributed by atoms with Gasteiger partial charge in [-0.3, -0.25) is 0 Å². The van der Waals surface area contributed by atoms with Crippen LogP contribution in [0.5, 0.6) is 0 Å². The Labute approximate surface area is 112 Å². The van der Waals surface area contributed by atoms with Gasteiger partial charge in [-0.25, -0.2) is 0 Å². The van der Waals surface area contributed by atoms with Crippen LogP contribution in [0.25, 0.3) is 11.6 Å². The predicted molar refractivity (Wildman–Crippen MR) is 70.7 cm³/mol. The van der Waals surface area contributed by atoms with E-state index in [1.165, 1.54) is 12.8 Å². The third-order valence-corrected chi connectivity index (χ3v) is 3.67. The van der Waals surface area contributed by atoms with E-state index in [2.05, 4.69) is 22.4 Å². The molecular weight excluding hydrogens is 242 g/mol. The lowest BCUT2D eigenvalue weighted by atomic mass is 10.0. The minimum Gasteiger partial charge on any atom is -0.461 e. The average molecular weight is 261 g/mol. The summed E-state index contributed by atoms with van der Waals surface area (Å²) in [5, 5.41) is 7.58. The molecule has 0 saturated heterocycles. The van der Waals surface area contributed by atoms with Gasteiger partial charge in [0.1, 0.15) is 0 Å². The second-order valence-electron chi connectivity index (χ2n) is 5.03. The van der Waals surface area contributed by atoms with Crippen LogP contribution in [-0.2, 0) is 0 Å². The third kappa shape index (κ3) is 2.56. The Morgan fingerprint density at radius 1 is 1.42 bits per heavy atom. The molecule has 0 amide bonds. The largest absolute Gasteiger partial charge is 0.461 e. The summed E-state index contributed by atoms with van der Waals surface area (Å²) in [4.78, 5) is 4.48. The Kier molecular flexibility index (Phi) is 3.64. The van der Waals surface area contributed by atoms with Gasteiger partial charge in [-0.1, -0.05) is 18.5 Å². The van der Waals surface area contributed by atoms with Crippen molar-refractivity contribution in [2.45, 2.75) is 44.6 Å². The lowest BCUT2D eigenvalue weighted by molar-refractivity contribution is 0.330. The van der Waals surface area contributed by atoms with E-state index in [1.807, 2.05) is 12.1 Å². The first-order valence-electron chi connectivity index (χ1n) is 6.99. The van der Waals surface area contributed by atoms with E-state index in [1.54, 1.807) is 6.26 Å². The van der Waals surface area contributed by atoms with Crippen molar-refractivity contribution in [2.75, 3.05) is 6.54 Å². The van der Waals surface area contributed by atoms with Crippen LogP contribution in [0, 0.1) is 0 Å². The topological polar surface area (TPSA) is 64.1 Å². The van der Waals surface area contributed by atoms with E-state index in [0.29, 0.717) is 23.5 Å². The van der Waals surface area contributed by atoms with Gasteiger partial charge < -0.3 is 14.3 Å². The fourth-order valence-electron chi connectivity index (χ4n) is 2.72. The molecule has 0 radical (unpaired) electrons. The van der Waals surface area contributed by atoms with Crippen LogP contribution in [0.4, 0.5) is 0 Å². The Balaban J connectivity index is 1.75. The lowest BCUT2D eigenvalue weighted by Gasteiger charge is -2.17. The molecule has 2 aromatic heterocycles. The molecule has 1 aliphatic carbocycles. The zero-order valence-corrected chi connectivity index (χ0v) is 11.1. The van der Waals surface area contributed by atoms with Crippen LogP contribution in [0.2, 0.25) is 0 Å². The van der Waals surface area contributed by atoms with Crippen LogP contribution in [0.3, 0.4) is 0 Å². The Morgan fingerprint density at radius 3 is 3.16 bits per heavy atom. The van der Waals surface area contributed by atoms with Gasteiger partial charge >= 0.3 is 0 Å². The number of hydrogen-bond acceptors (Lipinski definition) is 5. The molecule has 0 aromatic carbocycles. The van der Waals surface area contributed by atoms with Gasteiger partial charge in [-0.15, -0.1) is 0 Å². The number of rotatable bonds is 5. The predicted octanol–water partition coefficient (Wildman–Crippen LogP) is 2.97. The molecule has 0 spiro atoms. The molecule has 102 valence electrons. The molecule has 1 saturated carbocycles. The number of furan rings is 1. The fourth-order valence-corrected chi connectivity index (χ4v) is 2.72. The van der Waals surface area contributed by atoms with Gasteiger partial charge in [0.15, 0.2) is 5.76 Å². The first-order valence-corrected chi connectivity index (χ1v) is 6.99. The first kappa shape index (κ1) is 12.4. The van der Waals surface area contributed by atoms with E-state index in [-0.39, 0.29) is 0 Å². The maximum atomic E-state index is 5.42. The van der Waals surface area contributed by atoms with Gasteiger partial charge in [0.25, 0.3) is 0 Å². The Morgan fingerprint density at radius 2 is 2.37 bits per heavy atom. The molecule has 1 aliphatic rings. The molecule has 1 N–H and O–H groups in total. The van der Waals surface area contributed by atoms with Crippen molar-refractivity contribution in [1.82, 2.24) is 15.5 Å². The third-order valence-electron chi connectivity index (χ3n) is 3.67. The maximum Gasteiger partial charge on any atom is 0.238 e. The van der Waals surface area contributed by atoms with E-state index in [9.17, 15) is 0 Å². The van der Waals surface area contributed by atoms with Crippen molar-refractivity contribution in [2.24, 2.45) is 0 Å². The van der Waals surface area contributed by atoms with Crippen LogP contribution >= 0.6 is 0 Å². The molecule has 2 aromatic rings. The summed E-state index contributed by atoms with van der Waals surface area (Å²) in [7, 11) is 0. The molecule has 2 heterocycles. The standard InChI is InChI=1S/C14H19N3O2/c1-2-8-15-11-6-3-5-10(11)14-16-13(17-19-14)12-7-4-9-18-12/h4,7,9-11,15H,2-3,5-6,8H2,1H3. The van der Waals surface area contributed by atoms with Gasteiger partial charge in [-0.2, -0.15) is 4.98 Å². The molecule has 0 bridgehead atoms. The number of nitrogens with zero attached hydrogens (tertiary/aromatic N) is 2. The summed E-state index contributed by atoms with van der Waals surface area (Å²) in [5.41, 5.74) is 0. The molecular formula is C14H19N3O2. The quantitative estimate of drug-likeness (QED) is 0.896. The van der Waals surface area contributed by atoms with Crippen molar-refractivity contribution in [3.05, 3.63) is 24.3 Å². The lowest BCUT2D eigenvalue weighted by Crippen LogP contribution is -2.31. The van der Waals surface area contributed by atoms with Crippen LogP contribution in [0.1, 0.15) is 44.4 Å². The number of hydrogen-bond donors (Lipinski definition) is 1. The minimum absolute atomic E-state index is 0.336. The van der Waals surface area contributed by atoms with Crippen molar-refractivity contribution >= 4 is 0 Å². The zero-order valence-electron chi connectivity index (χ0n) is 11.1. The summed E-state index contributed by atoms with van der Waals surface area (Å²) in [5.74, 6) is 2.27. The van der Waals surface area contributed by atoms with Gasteiger partial charge in [-0.05, 0) is 37.9 Å². The SMILES string of the molecule is CCCNC1CCCC1c1nc(-c2ccco2)no1. The summed E-state index contributed by atoms with van der Waals surface area (Å²) in [6.45, 7) is 3.22. The fraction of sp³-hybridized carbons (Fsp3) is 0.571. The minimum atomic E-state index is 0.336. The van der Waals surface area contributed by atoms with Crippen molar-refractivity contribution in [3.63, 3.8) is 0 Å². The number of aromatic nitrogens is 2. The highest BCUT2D eigenvalue weighted by Crippen LogP contribution is 2.34. The smallest absolute Gasteiger partial charge is 0.238 e. The molecule has 0 aliphatic heterocycles. The molecule has 2 unspecified atom stereocenters. The van der Waals surface area contributed by atoms with E-state index in [4.69, 9.17) is 8.94 Å². The average Bonchev–Trinajstić information content (AvgIpc) is 3.14. The van der Waals surface area contributed by atoms with Crippen LogP contribution in [0.15, 0.2) is 27.3 Å². The van der Waals surface area contributed by atoms with E-state index < -0.39 is 0 Å². The second-order valence-corrected chi connectivity index (χ2v) is 5.03. The summed E-state index contributed by atoms with van der Waals surface area (Å²) in [6, 6.07) is 4.13. The highest BCUT2D eigenvalue weighted by molar-refractivity contribution is 5.44. The zero-order chi connectivity index (χ0) is 13.1. The molecule has 19 heavy (non-hydrogen) atoms. The van der Waals surface area contributed by atoms with E-state index >= 15 is 0 Å². The van der Waals surface area contributed by atoms with Gasteiger partial charge in [0.05, 0.1) is 12.2 Å². The molecule has 3 rings (SSSR count). The van der Waals surface area contributed by atoms with Crippen LogP contribution < -0.4 is 5.32 Å². The molecule has 2 atom stereocenters. The summed E-state index contributed by atoms with van der Waals surface area (Å²) >= 11 is 0. The summed E-state index contributed by atoms with van der Waals surface area (Å²) < 4.78 is 10.7. The van der Waals surface area contributed by atoms with Crippen molar-refractivity contribution in [1.29, 1.82) is 0 Å². The second kappa shape index (κ2) is 5.57. The maximum absolute atomic E-state index is 5.42.